The number of carboxylic acids is 1. The van der Waals surface area contributed by atoms with E-state index in [0.717, 1.165) is 11.3 Å². The number of ether oxygens (including phenoxy) is 1. The summed E-state index contributed by atoms with van der Waals surface area (Å²) in [6.07, 6.45) is -0.0488. The van der Waals surface area contributed by atoms with Crippen molar-refractivity contribution in [3.63, 3.8) is 0 Å². The number of rotatable bonds is 6. The van der Waals surface area contributed by atoms with Crippen molar-refractivity contribution in [2.75, 3.05) is 12.4 Å². The Morgan fingerprint density at radius 1 is 1.47 bits per heavy atom. The number of benzene rings is 1. The Kier molecular flexibility index (Phi) is 4.35. The first-order valence-corrected chi connectivity index (χ1v) is 6.59. The number of para-hydroxylation sites is 1. The highest BCUT2D eigenvalue weighted by molar-refractivity contribution is 7.13. The zero-order valence-corrected chi connectivity index (χ0v) is 11.2. The maximum atomic E-state index is 10.6. The molecule has 0 bridgehead atoms. The minimum absolute atomic E-state index is 0.0488. The van der Waals surface area contributed by atoms with Crippen LogP contribution in [-0.4, -0.2) is 23.2 Å². The first-order valence-electron chi connectivity index (χ1n) is 5.71. The van der Waals surface area contributed by atoms with Gasteiger partial charge < -0.3 is 15.2 Å². The monoisotopic (exact) mass is 278 g/mol. The van der Waals surface area contributed by atoms with E-state index in [9.17, 15) is 4.79 Å². The molecular weight excluding hydrogens is 264 g/mol. The predicted molar refractivity (Wildman–Crippen MR) is 73.8 cm³/mol. The van der Waals surface area contributed by atoms with Crippen LogP contribution in [0.4, 0.5) is 5.13 Å². The lowest BCUT2D eigenvalue weighted by Gasteiger charge is -2.08. The van der Waals surface area contributed by atoms with Crippen LogP contribution in [0.5, 0.6) is 5.75 Å². The standard InChI is InChI=1S/C13H14N2O3S/c1-18-11-5-3-2-4-9(11)7-14-13-15-10(8-19-13)6-12(16)17/h2-5,8H,6-7H2,1H3,(H,14,15)(H,16,17). The molecular formula is C13H14N2O3S. The van der Waals surface area contributed by atoms with E-state index in [4.69, 9.17) is 9.84 Å². The van der Waals surface area contributed by atoms with Crippen LogP contribution in [0.3, 0.4) is 0 Å². The molecule has 0 saturated heterocycles. The lowest BCUT2D eigenvalue weighted by Crippen LogP contribution is -2.03. The van der Waals surface area contributed by atoms with Crippen LogP contribution in [0.2, 0.25) is 0 Å². The number of hydrogen-bond acceptors (Lipinski definition) is 5. The van der Waals surface area contributed by atoms with Crippen LogP contribution in [0.15, 0.2) is 29.6 Å². The quantitative estimate of drug-likeness (QED) is 0.849. The Hall–Kier alpha value is -2.08. The van der Waals surface area contributed by atoms with Gasteiger partial charge in [0.05, 0.1) is 19.2 Å². The molecule has 0 fully saturated rings. The van der Waals surface area contributed by atoms with Crippen LogP contribution < -0.4 is 10.1 Å². The van der Waals surface area contributed by atoms with Gasteiger partial charge in [-0.1, -0.05) is 18.2 Å². The van der Waals surface area contributed by atoms with E-state index in [-0.39, 0.29) is 6.42 Å². The molecule has 1 heterocycles. The molecule has 2 rings (SSSR count). The second-order valence-corrected chi connectivity index (χ2v) is 4.74. The van der Waals surface area contributed by atoms with Crippen LogP contribution in [-0.2, 0) is 17.8 Å². The molecule has 0 spiro atoms. The zero-order valence-electron chi connectivity index (χ0n) is 10.4. The van der Waals surface area contributed by atoms with Crippen molar-refractivity contribution in [2.24, 2.45) is 0 Å². The van der Waals surface area contributed by atoms with Crippen molar-refractivity contribution in [2.45, 2.75) is 13.0 Å². The minimum Gasteiger partial charge on any atom is -0.496 e. The summed E-state index contributed by atoms with van der Waals surface area (Å²) in [4.78, 5) is 14.8. The number of anilines is 1. The topological polar surface area (TPSA) is 71.5 Å². The fourth-order valence-electron chi connectivity index (χ4n) is 1.64. The average molecular weight is 278 g/mol. The van der Waals surface area contributed by atoms with E-state index in [1.165, 1.54) is 11.3 Å². The largest absolute Gasteiger partial charge is 0.496 e. The third-order valence-electron chi connectivity index (χ3n) is 2.51. The van der Waals surface area contributed by atoms with Gasteiger partial charge in [-0.05, 0) is 6.07 Å². The van der Waals surface area contributed by atoms with E-state index < -0.39 is 5.97 Å². The molecule has 0 amide bonds. The Balaban J connectivity index is 1.98. The van der Waals surface area contributed by atoms with Crippen molar-refractivity contribution < 1.29 is 14.6 Å². The molecule has 0 aliphatic heterocycles. The lowest BCUT2D eigenvalue weighted by molar-refractivity contribution is -0.136. The van der Waals surface area contributed by atoms with Gasteiger partial charge in [0.15, 0.2) is 5.13 Å². The predicted octanol–water partition coefficient (Wildman–Crippen LogP) is 2.39. The molecule has 6 heteroatoms. The Bertz CT molecular complexity index is 569. The molecule has 5 nitrogen and oxygen atoms in total. The molecule has 2 N–H and O–H groups in total. The maximum absolute atomic E-state index is 10.6. The molecule has 0 saturated carbocycles. The van der Waals surface area contributed by atoms with Crippen LogP contribution in [0.1, 0.15) is 11.3 Å². The number of thiazole rings is 1. The average Bonchev–Trinajstić information content (AvgIpc) is 2.83. The number of hydrogen-bond donors (Lipinski definition) is 2. The van der Waals surface area contributed by atoms with E-state index in [2.05, 4.69) is 10.3 Å². The fraction of sp³-hybridized carbons (Fsp3) is 0.231. The van der Waals surface area contributed by atoms with Crippen molar-refractivity contribution in [1.29, 1.82) is 0 Å². The molecule has 2 aromatic rings. The molecule has 100 valence electrons. The highest BCUT2D eigenvalue weighted by Crippen LogP contribution is 2.21. The number of aliphatic carboxylic acids is 1. The molecule has 1 aromatic carbocycles. The maximum Gasteiger partial charge on any atom is 0.309 e. The van der Waals surface area contributed by atoms with E-state index in [0.29, 0.717) is 17.4 Å². The summed E-state index contributed by atoms with van der Waals surface area (Å²) in [5.74, 6) is -0.0566. The number of carbonyl (C=O) groups is 1. The number of aromatic nitrogens is 1. The van der Waals surface area contributed by atoms with Crippen molar-refractivity contribution in [1.82, 2.24) is 4.98 Å². The van der Waals surface area contributed by atoms with Crippen LogP contribution >= 0.6 is 11.3 Å². The molecule has 0 aliphatic carbocycles. The normalized spacial score (nSPS) is 10.2. The van der Waals surface area contributed by atoms with E-state index in [1.807, 2.05) is 24.3 Å². The second kappa shape index (κ2) is 6.19. The van der Waals surface area contributed by atoms with Crippen molar-refractivity contribution in [3.8, 4) is 5.75 Å². The highest BCUT2D eigenvalue weighted by atomic mass is 32.1. The summed E-state index contributed by atoms with van der Waals surface area (Å²) < 4.78 is 5.26. The number of methoxy groups -OCH3 is 1. The molecule has 19 heavy (non-hydrogen) atoms. The summed E-state index contributed by atoms with van der Waals surface area (Å²) in [6.45, 7) is 0.587. The summed E-state index contributed by atoms with van der Waals surface area (Å²) in [5.41, 5.74) is 1.60. The van der Waals surface area contributed by atoms with E-state index in [1.54, 1.807) is 12.5 Å². The number of carboxylic acid groups (broad SMARTS) is 1. The van der Waals surface area contributed by atoms with Crippen LogP contribution in [0, 0.1) is 0 Å². The molecule has 0 unspecified atom stereocenters. The third-order valence-corrected chi connectivity index (χ3v) is 3.36. The fourth-order valence-corrected chi connectivity index (χ4v) is 2.35. The SMILES string of the molecule is COc1ccccc1CNc1nc(CC(=O)O)cs1. The second-order valence-electron chi connectivity index (χ2n) is 3.88. The van der Waals surface area contributed by atoms with Gasteiger partial charge in [0.25, 0.3) is 0 Å². The first-order chi connectivity index (χ1) is 9.19. The minimum atomic E-state index is -0.874. The summed E-state index contributed by atoms with van der Waals surface area (Å²) in [6, 6.07) is 7.72. The van der Waals surface area contributed by atoms with Gasteiger partial charge in [0.1, 0.15) is 5.75 Å². The Labute approximate surface area is 114 Å². The van der Waals surface area contributed by atoms with Gasteiger partial charge in [-0.25, -0.2) is 4.98 Å². The zero-order chi connectivity index (χ0) is 13.7. The number of nitrogens with one attached hydrogen (secondary N) is 1. The van der Waals surface area contributed by atoms with Gasteiger partial charge in [-0.2, -0.15) is 0 Å². The Morgan fingerprint density at radius 3 is 3.00 bits per heavy atom. The number of nitrogens with zero attached hydrogens (tertiary/aromatic N) is 1. The van der Waals surface area contributed by atoms with Gasteiger partial charge in [0, 0.05) is 17.5 Å². The van der Waals surface area contributed by atoms with Gasteiger partial charge >= 0.3 is 5.97 Å². The van der Waals surface area contributed by atoms with Gasteiger partial charge in [-0.3, -0.25) is 4.79 Å². The van der Waals surface area contributed by atoms with Crippen molar-refractivity contribution >= 4 is 22.4 Å². The summed E-state index contributed by atoms with van der Waals surface area (Å²) >= 11 is 1.40. The third kappa shape index (κ3) is 3.69. The lowest BCUT2D eigenvalue weighted by atomic mass is 10.2. The molecule has 0 radical (unpaired) electrons. The summed E-state index contributed by atoms with van der Waals surface area (Å²) in [5, 5.41) is 14.3. The summed E-state index contributed by atoms with van der Waals surface area (Å²) in [7, 11) is 1.63. The van der Waals surface area contributed by atoms with Gasteiger partial charge in [0.2, 0.25) is 0 Å². The molecule has 0 atom stereocenters. The van der Waals surface area contributed by atoms with Gasteiger partial charge in [-0.15, -0.1) is 11.3 Å². The molecule has 1 aromatic heterocycles. The van der Waals surface area contributed by atoms with E-state index >= 15 is 0 Å². The molecule has 0 aliphatic rings. The Morgan fingerprint density at radius 2 is 2.26 bits per heavy atom. The highest BCUT2D eigenvalue weighted by Gasteiger charge is 2.07. The first kappa shape index (κ1) is 13.4. The van der Waals surface area contributed by atoms with Crippen LogP contribution in [0.25, 0.3) is 0 Å². The van der Waals surface area contributed by atoms with Crippen molar-refractivity contribution in [3.05, 3.63) is 40.9 Å². The smallest absolute Gasteiger partial charge is 0.309 e.